The molecule has 2 rings (SSSR count). The molecule has 0 aromatic carbocycles. The van der Waals surface area contributed by atoms with Gasteiger partial charge in [0.05, 0.1) is 0 Å². The van der Waals surface area contributed by atoms with Gasteiger partial charge in [0, 0.05) is 18.6 Å². The summed E-state index contributed by atoms with van der Waals surface area (Å²) in [5, 5.41) is 3.82. The van der Waals surface area contributed by atoms with Crippen molar-refractivity contribution < 1.29 is 0 Å². The summed E-state index contributed by atoms with van der Waals surface area (Å²) in [6.07, 6.45) is 11.2. The summed E-state index contributed by atoms with van der Waals surface area (Å²) in [6.45, 7) is 9.69. The van der Waals surface area contributed by atoms with Crippen molar-refractivity contribution in [1.29, 1.82) is 0 Å². The number of rotatable bonds is 6. The van der Waals surface area contributed by atoms with E-state index in [9.17, 15) is 0 Å². The Kier molecular flexibility index (Phi) is 5.92. The van der Waals surface area contributed by atoms with E-state index >= 15 is 0 Å². The van der Waals surface area contributed by atoms with Crippen molar-refractivity contribution in [3.8, 4) is 0 Å². The monoisotopic (exact) mass is 280 g/mol. The average molecular weight is 280 g/mol. The fraction of sp³-hybridized carbons (Fsp3) is 1.00. The van der Waals surface area contributed by atoms with E-state index in [2.05, 4.69) is 38.0 Å². The molecule has 0 aromatic rings. The maximum Gasteiger partial charge on any atom is 0.0251 e. The zero-order chi connectivity index (χ0) is 14.6. The first-order valence-corrected chi connectivity index (χ1v) is 8.95. The van der Waals surface area contributed by atoms with Crippen LogP contribution in [0.1, 0.15) is 72.1 Å². The molecule has 0 spiro atoms. The molecule has 0 aromatic heterocycles. The Hall–Kier alpha value is -0.0800. The molecule has 20 heavy (non-hydrogen) atoms. The SMILES string of the molecule is CCCNC1CCC(C)(C)CC1N(C)CC1CCCC1. The molecule has 118 valence electrons. The Balaban J connectivity index is 1.93. The molecule has 2 aliphatic carbocycles. The van der Waals surface area contributed by atoms with E-state index in [1.54, 1.807) is 0 Å². The van der Waals surface area contributed by atoms with Crippen LogP contribution in [-0.2, 0) is 0 Å². The van der Waals surface area contributed by atoms with Gasteiger partial charge in [0.1, 0.15) is 0 Å². The Labute approximate surface area is 126 Å². The molecule has 2 fully saturated rings. The predicted octanol–water partition coefficient (Wildman–Crippen LogP) is 4.06. The molecule has 2 nitrogen and oxygen atoms in total. The smallest absolute Gasteiger partial charge is 0.0251 e. The van der Waals surface area contributed by atoms with Crippen LogP contribution in [0, 0.1) is 11.3 Å². The van der Waals surface area contributed by atoms with E-state index in [1.165, 1.54) is 64.5 Å². The minimum atomic E-state index is 0.527. The van der Waals surface area contributed by atoms with E-state index in [0.717, 1.165) is 18.0 Å². The first-order chi connectivity index (χ1) is 9.52. The lowest BCUT2D eigenvalue weighted by Gasteiger charge is -2.45. The van der Waals surface area contributed by atoms with E-state index < -0.39 is 0 Å². The second-order valence-corrected chi connectivity index (χ2v) is 8.13. The number of nitrogens with one attached hydrogen (secondary N) is 1. The third kappa shape index (κ3) is 4.46. The molecule has 0 bridgehead atoms. The lowest BCUT2D eigenvalue weighted by Crippen LogP contribution is -2.54. The first-order valence-electron chi connectivity index (χ1n) is 8.95. The zero-order valence-corrected chi connectivity index (χ0v) is 14.3. The predicted molar refractivity (Wildman–Crippen MR) is 88.1 cm³/mol. The van der Waals surface area contributed by atoms with Crippen LogP contribution in [0.5, 0.6) is 0 Å². The van der Waals surface area contributed by atoms with Gasteiger partial charge in [-0.15, -0.1) is 0 Å². The number of likely N-dealkylation sites (N-methyl/N-ethyl adjacent to an activating group) is 1. The summed E-state index contributed by atoms with van der Waals surface area (Å²) >= 11 is 0. The third-order valence-corrected chi connectivity index (χ3v) is 5.60. The van der Waals surface area contributed by atoms with Crippen molar-refractivity contribution in [2.24, 2.45) is 11.3 Å². The molecule has 2 unspecified atom stereocenters. The van der Waals surface area contributed by atoms with Gasteiger partial charge in [-0.3, -0.25) is 0 Å². The van der Waals surface area contributed by atoms with Crippen LogP contribution >= 0.6 is 0 Å². The number of nitrogens with zero attached hydrogens (tertiary/aromatic N) is 1. The molecule has 2 atom stereocenters. The van der Waals surface area contributed by atoms with E-state index in [1.807, 2.05) is 0 Å². The molecule has 1 N–H and O–H groups in total. The Morgan fingerprint density at radius 3 is 2.50 bits per heavy atom. The van der Waals surface area contributed by atoms with Crippen LogP contribution in [0.15, 0.2) is 0 Å². The second kappa shape index (κ2) is 7.26. The summed E-state index contributed by atoms with van der Waals surface area (Å²) in [4.78, 5) is 2.70. The maximum atomic E-state index is 3.82. The van der Waals surface area contributed by atoms with E-state index in [0.29, 0.717) is 5.41 Å². The van der Waals surface area contributed by atoms with E-state index in [-0.39, 0.29) is 0 Å². The molecule has 2 saturated carbocycles. The average Bonchev–Trinajstić information content (AvgIpc) is 2.89. The van der Waals surface area contributed by atoms with Crippen LogP contribution in [0.25, 0.3) is 0 Å². The van der Waals surface area contributed by atoms with Gasteiger partial charge in [-0.05, 0) is 63.5 Å². The highest BCUT2D eigenvalue weighted by molar-refractivity contribution is 4.94. The van der Waals surface area contributed by atoms with Gasteiger partial charge in [-0.2, -0.15) is 0 Å². The number of hydrogen-bond donors (Lipinski definition) is 1. The summed E-state index contributed by atoms with van der Waals surface area (Å²) in [5.74, 6) is 0.969. The highest BCUT2D eigenvalue weighted by atomic mass is 15.2. The van der Waals surface area contributed by atoms with Crippen LogP contribution in [0.3, 0.4) is 0 Å². The van der Waals surface area contributed by atoms with Crippen LogP contribution in [-0.4, -0.2) is 37.1 Å². The highest BCUT2D eigenvalue weighted by Gasteiger charge is 2.37. The molecule has 0 saturated heterocycles. The van der Waals surface area contributed by atoms with Crippen molar-refractivity contribution >= 4 is 0 Å². The molecule has 0 aliphatic heterocycles. The topological polar surface area (TPSA) is 15.3 Å². The van der Waals surface area contributed by atoms with Gasteiger partial charge in [0.15, 0.2) is 0 Å². The van der Waals surface area contributed by atoms with Crippen molar-refractivity contribution in [3.05, 3.63) is 0 Å². The van der Waals surface area contributed by atoms with Gasteiger partial charge in [-0.25, -0.2) is 0 Å². The molecule has 2 heteroatoms. The highest BCUT2D eigenvalue weighted by Crippen LogP contribution is 2.38. The standard InChI is InChI=1S/C18H36N2/c1-5-12-19-16-10-11-18(2,3)13-17(16)20(4)14-15-8-6-7-9-15/h15-17,19H,5-14H2,1-4H3. The van der Waals surface area contributed by atoms with E-state index in [4.69, 9.17) is 0 Å². The lowest BCUT2D eigenvalue weighted by molar-refractivity contribution is 0.0724. The lowest BCUT2D eigenvalue weighted by atomic mass is 9.72. The largest absolute Gasteiger partial charge is 0.312 e. The zero-order valence-electron chi connectivity index (χ0n) is 14.3. The fourth-order valence-electron chi connectivity index (χ4n) is 4.32. The van der Waals surface area contributed by atoms with Crippen molar-refractivity contribution in [2.45, 2.75) is 84.2 Å². The van der Waals surface area contributed by atoms with Crippen molar-refractivity contribution in [2.75, 3.05) is 20.1 Å². The van der Waals surface area contributed by atoms with Gasteiger partial charge in [0.25, 0.3) is 0 Å². The molecule has 0 radical (unpaired) electrons. The Morgan fingerprint density at radius 1 is 1.15 bits per heavy atom. The fourth-order valence-corrected chi connectivity index (χ4v) is 4.32. The molecule has 2 aliphatic rings. The minimum Gasteiger partial charge on any atom is -0.312 e. The maximum absolute atomic E-state index is 3.82. The van der Waals surface area contributed by atoms with Crippen LogP contribution < -0.4 is 5.32 Å². The minimum absolute atomic E-state index is 0.527. The molecular formula is C18H36N2. The van der Waals surface area contributed by atoms with Gasteiger partial charge < -0.3 is 10.2 Å². The summed E-state index contributed by atoms with van der Waals surface area (Å²) in [7, 11) is 2.38. The van der Waals surface area contributed by atoms with Crippen LogP contribution in [0.4, 0.5) is 0 Å². The van der Waals surface area contributed by atoms with Gasteiger partial charge >= 0.3 is 0 Å². The van der Waals surface area contributed by atoms with Crippen molar-refractivity contribution in [1.82, 2.24) is 10.2 Å². The Morgan fingerprint density at radius 2 is 1.85 bits per heavy atom. The molecular weight excluding hydrogens is 244 g/mol. The molecule has 0 amide bonds. The third-order valence-electron chi connectivity index (χ3n) is 5.60. The quantitative estimate of drug-likeness (QED) is 0.789. The first kappa shape index (κ1) is 16.3. The van der Waals surface area contributed by atoms with Crippen LogP contribution in [0.2, 0.25) is 0 Å². The second-order valence-electron chi connectivity index (χ2n) is 8.13. The normalized spacial score (nSPS) is 31.1. The number of hydrogen-bond acceptors (Lipinski definition) is 2. The van der Waals surface area contributed by atoms with Gasteiger partial charge in [-0.1, -0.05) is 33.6 Å². The molecule has 0 heterocycles. The summed E-state index contributed by atoms with van der Waals surface area (Å²) in [6, 6.07) is 1.46. The summed E-state index contributed by atoms with van der Waals surface area (Å²) < 4.78 is 0. The van der Waals surface area contributed by atoms with Crippen molar-refractivity contribution in [3.63, 3.8) is 0 Å². The van der Waals surface area contributed by atoms with Gasteiger partial charge in [0.2, 0.25) is 0 Å². The summed E-state index contributed by atoms with van der Waals surface area (Å²) in [5.41, 5.74) is 0.527. The Bertz CT molecular complexity index is 281.